The van der Waals surface area contributed by atoms with E-state index >= 15 is 0 Å². The lowest BCUT2D eigenvalue weighted by molar-refractivity contribution is 0.0752. The van der Waals surface area contributed by atoms with E-state index in [1.165, 1.54) is 0 Å². The highest BCUT2D eigenvalue weighted by Gasteiger charge is 2.25. The normalized spacial score (nSPS) is 11.0. The Morgan fingerprint density at radius 3 is 2.28 bits per heavy atom. The predicted octanol–water partition coefficient (Wildman–Crippen LogP) is 3.37. The maximum atomic E-state index is 12.6. The molecule has 0 saturated heterocycles. The molecule has 0 aromatic carbocycles. The molecule has 0 atom stereocenters. The summed E-state index contributed by atoms with van der Waals surface area (Å²) in [6.45, 7) is 11.6. The summed E-state index contributed by atoms with van der Waals surface area (Å²) in [5.74, 6) is 0.936. The van der Waals surface area contributed by atoms with Crippen LogP contribution in [0.15, 0.2) is 4.52 Å². The molecule has 4 heteroatoms. The fourth-order valence-corrected chi connectivity index (χ4v) is 2.05. The molecule has 4 nitrogen and oxygen atoms in total. The van der Waals surface area contributed by atoms with Crippen molar-refractivity contribution in [3.05, 3.63) is 17.0 Å². The molecule has 0 unspecified atom stereocenters. The topological polar surface area (TPSA) is 46.3 Å². The second-order valence-electron chi connectivity index (χ2n) is 4.95. The molecule has 0 spiro atoms. The fourth-order valence-electron chi connectivity index (χ4n) is 2.05. The SMILES string of the molecule is CCCN(CCC)C(=O)c1c(C)noc1C(C)C. The molecule has 0 saturated carbocycles. The molecule has 0 aliphatic heterocycles. The molecule has 0 bridgehead atoms. The van der Waals surface area contributed by atoms with E-state index in [4.69, 9.17) is 4.52 Å². The summed E-state index contributed by atoms with van der Waals surface area (Å²) in [6.07, 6.45) is 1.93. The van der Waals surface area contributed by atoms with Gasteiger partial charge in [0, 0.05) is 19.0 Å². The minimum absolute atomic E-state index is 0.0566. The number of rotatable bonds is 6. The Morgan fingerprint density at radius 1 is 1.28 bits per heavy atom. The van der Waals surface area contributed by atoms with Crippen molar-refractivity contribution in [1.82, 2.24) is 10.1 Å². The van der Waals surface area contributed by atoms with Gasteiger partial charge in [-0.15, -0.1) is 0 Å². The number of aromatic nitrogens is 1. The molecule has 18 heavy (non-hydrogen) atoms. The van der Waals surface area contributed by atoms with Gasteiger partial charge < -0.3 is 9.42 Å². The number of carbonyl (C=O) groups excluding carboxylic acids is 1. The third kappa shape index (κ3) is 3.12. The number of nitrogens with zero attached hydrogens (tertiary/aromatic N) is 2. The highest BCUT2D eigenvalue weighted by atomic mass is 16.5. The Kier molecular flexibility index (Phi) is 5.38. The van der Waals surface area contributed by atoms with Gasteiger partial charge in [0.05, 0.1) is 5.69 Å². The molecule has 1 aromatic rings. The zero-order valence-electron chi connectivity index (χ0n) is 12.1. The maximum Gasteiger partial charge on any atom is 0.259 e. The molecule has 0 fully saturated rings. The molecule has 0 aliphatic carbocycles. The monoisotopic (exact) mass is 252 g/mol. The van der Waals surface area contributed by atoms with Gasteiger partial charge >= 0.3 is 0 Å². The van der Waals surface area contributed by atoms with E-state index in [0.29, 0.717) is 17.0 Å². The third-order valence-electron chi connectivity index (χ3n) is 2.90. The summed E-state index contributed by atoms with van der Waals surface area (Å²) in [4.78, 5) is 14.5. The Labute approximate surface area is 109 Å². The standard InChI is InChI=1S/C14H24N2O2/c1-6-8-16(9-7-2)14(17)12-11(5)15-18-13(12)10(3)4/h10H,6-9H2,1-5H3. The summed E-state index contributed by atoms with van der Waals surface area (Å²) in [7, 11) is 0. The van der Waals surface area contributed by atoms with Gasteiger partial charge in [0.1, 0.15) is 5.56 Å². The van der Waals surface area contributed by atoms with Crippen molar-refractivity contribution < 1.29 is 9.32 Å². The van der Waals surface area contributed by atoms with Crippen LogP contribution >= 0.6 is 0 Å². The Bertz CT molecular complexity index is 390. The van der Waals surface area contributed by atoms with Crippen LogP contribution in [0.5, 0.6) is 0 Å². The minimum Gasteiger partial charge on any atom is -0.360 e. The molecule has 1 aromatic heterocycles. The van der Waals surface area contributed by atoms with Crippen molar-refractivity contribution >= 4 is 5.91 Å². The van der Waals surface area contributed by atoms with Crippen molar-refractivity contribution in [3.8, 4) is 0 Å². The molecule has 0 radical (unpaired) electrons. The zero-order valence-corrected chi connectivity index (χ0v) is 12.1. The van der Waals surface area contributed by atoms with Crippen LogP contribution in [0.4, 0.5) is 0 Å². The average molecular weight is 252 g/mol. The predicted molar refractivity (Wildman–Crippen MR) is 71.8 cm³/mol. The summed E-state index contributed by atoms with van der Waals surface area (Å²) < 4.78 is 5.29. The van der Waals surface area contributed by atoms with Crippen LogP contribution in [-0.2, 0) is 0 Å². The van der Waals surface area contributed by atoms with Crippen molar-refractivity contribution in [1.29, 1.82) is 0 Å². The number of hydrogen-bond acceptors (Lipinski definition) is 3. The second-order valence-corrected chi connectivity index (χ2v) is 4.95. The molecule has 1 amide bonds. The first-order chi connectivity index (χ1) is 8.52. The summed E-state index contributed by atoms with van der Waals surface area (Å²) in [5.41, 5.74) is 1.35. The van der Waals surface area contributed by atoms with E-state index in [-0.39, 0.29) is 11.8 Å². The van der Waals surface area contributed by atoms with E-state index in [9.17, 15) is 4.79 Å². The Hall–Kier alpha value is -1.32. The van der Waals surface area contributed by atoms with E-state index in [1.54, 1.807) is 0 Å². The smallest absolute Gasteiger partial charge is 0.259 e. The third-order valence-corrected chi connectivity index (χ3v) is 2.90. The number of amides is 1. The summed E-state index contributed by atoms with van der Waals surface area (Å²) in [6, 6.07) is 0. The van der Waals surface area contributed by atoms with Gasteiger partial charge in [-0.2, -0.15) is 0 Å². The number of aryl methyl sites for hydroxylation is 1. The first-order valence-electron chi connectivity index (χ1n) is 6.78. The molecular formula is C14H24N2O2. The minimum atomic E-state index is 0.0566. The molecular weight excluding hydrogens is 228 g/mol. The Morgan fingerprint density at radius 2 is 1.83 bits per heavy atom. The second kappa shape index (κ2) is 6.57. The van der Waals surface area contributed by atoms with Gasteiger partial charge in [-0.25, -0.2) is 0 Å². The fraction of sp³-hybridized carbons (Fsp3) is 0.714. The quantitative estimate of drug-likeness (QED) is 0.779. The first-order valence-corrected chi connectivity index (χ1v) is 6.78. The highest BCUT2D eigenvalue weighted by Crippen LogP contribution is 2.23. The lowest BCUT2D eigenvalue weighted by atomic mass is 10.0. The highest BCUT2D eigenvalue weighted by molar-refractivity contribution is 5.96. The average Bonchev–Trinajstić information content (AvgIpc) is 2.70. The summed E-state index contributed by atoms with van der Waals surface area (Å²) >= 11 is 0. The van der Waals surface area contributed by atoms with Crippen molar-refractivity contribution in [2.24, 2.45) is 0 Å². The van der Waals surface area contributed by atoms with Gasteiger partial charge in [0.15, 0.2) is 5.76 Å². The summed E-state index contributed by atoms with van der Waals surface area (Å²) in [5, 5.41) is 3.94. The van der Waals surface area contributed by atoms with Gasteiger partial charge in [-0.05, 0) is 19.8 Å². The van der Waals surface area contributed by atoms with E-state index in [0.717, 1.165) is 25.9 Å². The molecule has 1 heterocycles. The Balaban J connectivity index is 3.03. The largest absolute Gasteiger partial charge is 0.360 e. The number of carbonyl (C=O) groups is 1. The van der Waals surface area contributed by atoms with Crippen LogP contribution < -0.4 is 0 Å². The van der Waals surface area contributed by atoms with Crippen LogP contribution in [0.2, 0.25) is 0 Å². The lowest BCUT2D eigenvalue weighted by Gasteiger charge is -2.21. The molecule has 0 aliphatic rings. The van der Waals surface area contributed by atoms with E-state index in [2.05, 4.69) is 19.0 Å². The zero-order chi connectivity index (χ0) is 13.7. The van der Waals surface area contributed by atoms with E-state index in [1.807, 2.05) is 25.7 Å². The molecule has 0 N–H and O–H groups in total. The van der Waals surface area contributed by atoms with Crippen LogP contribution in [0, 0.1) is 6.92 Å². The van der Waals surface area contributed by atoms with Gasteiger partial charge in [-0.3, -0.25) is 4.79 Å². The first kappa shape index (κ1) is 14.7. The van der Waals surface area contributed by atoms with Crippen LogP contribution in [0.3, 0.4) is 0 Å². The van der Waals surface area contributed by atoms with Crippen molar-refractivity contribution in [2.45, 2.75) is 53.4 Å². The number of hydrogen-bond donors (Lipinski definition) is 0. The lowest BCUT2D eigenvalue weighted by Crippen LogP contribution is -2.33. The maximum absolute atomic E-state index is 12.6. The van der Waals surface area contributed by atoms with Crippen LogP contribution in [0.25, 0.3) is 0 Å². The van der Waals surface area contributed by atoms with E-state index < -0.39 is 0 Å². The van der Waals surface area contributed by atoms with Crippen molar-refractivity contribution in [2.75, 3.05) is 13.1 Å². The van der Waals surface area contributed by atoms with Crippen molar-refractivity contribution in [3.63, 3.8) is 0 Å². The molecule has 1 rings (SSSR count). The van der Waals surface area contributed by atoms with Crippen LogP contribution in [0.1, 0.15) is 68.3 Å². The van der Waals surface area contributed by atoms with Gasteiger partial charge in [0.2, 0.25) is 0 Å². The molecule has 102 valence electrons. The van der Waals surface area contributed by atoms with Gasteiger partial charge in [-0.1, -0.05) is 32.9 Å². The van der Waals surface area contributed by atoms with Crippen LogP contribution in [-0.4, -0.2) is 29.1 Å². The van der Waals surface area contributed by atoms with Gasteiger partial charge in [0.25, 0.3) is 5.91 Å².